The zero-order valence-electron chi connectivity index (χ0n) is 12.3. The topological polar surface area (TPSA) is 82.2 Å². The van der Waals surface area contributed by atoms with Crippen molar-refractivity contribution in [3.05, 3.63) is 23.8 Å². The molecule has 1 atom stereocenters. The van der Waals surface area contributed by atoms with Gasteiger partial charge in [0.1, 0.15) is 0 Å². The summed E-state index contributed by atoms with van der Waals surface area (Å²) in [5.41, 5.74) is 8.10. The Labute approximate surface area is 120 Å². The number of hydrogen-bond acceptors (Lipinski definition) is 4. The summed E-state index contributed by atoms with van der Waals surface area (Å²) in [5.74, 6) is -0.0334. The Balaban J connectivity index is 2.46. The highest BCUT2D eigenvalue weighted by Crippen LogP contribution is 2.17. The summed E-state index contributed by atoms with van der Waals surface area (Å²) >= 11 is 0. The summed E-state index contributed by atoms with van der Waals surface area (Å²) in [6.07, 6.45) is 0.866. The summed E-state index contributed by atoms with van der Waals surface area (Å²) in [6, 6.07) is 7.70. The standard InChI is InChI=1S/C15H22N4O/c1-11-10-13(17)4-5-14(11)18-15(20)7-9-19(3)12(2)6-8-16/h4-5,10,12H,6-7,9,17H2,1-3H3,(H,18,20). The number of benzene rings is 1. The highest BCUT2D eigenvalue weighted by atomic mass is 16.1. The van der Waals surface area contributed by atoms with Crippen molar-refractivity contribution in [2.24, 2.45) is 0 Å². The van der Waals surface area contributed by atoms with E-state index in [0.29, 0.717) is 25.1 Å². The summed E-state index contributed by atoms with van der Waals surface area (Å²) in [4.78, 5) is 13.9. The summed E-state index contributed by atoms with van der Waals surface area (Å²) in [5, 5.41) is 11.5. The normalized spacial score (nSPS) is 11.9. The zero-order chi connectivity index (χ0) is 15.1. The van der Waals surface area contributed by atoms with Gasteiger partial charge < -0.3 is 16.0 Å². The molecule has 0 bridgehead atoms. The fourth-order valence-corrected chi connectivity index (χ4v) is 1.83. The molecule has 0 saturated heterocycles. The van der Waals surface area contributed by atoms with E-state index in [4.69, 9.17) is 11.0 Å². The number of amides is 1. The van der Waals surface area contributed by atoms with E-state index in [1.165, 1.54) is 0 Å². The molecule has 1 unspecified atom stereocenters. The smallest absolute Gasteiger partial charge is 0.225 e. The lowest BCUT2D eigenvalue weighted by Crippen LogP contribution is -2.31. The molecule has 0 aliphatic heterocycles. The van der Waals surface area contributed by atoms with Gasteiger partial charge >= 0.3 is 0 Å². The van der Waals surface area contributed by atoms with Crippen LogP contribution >= 0.6 is 0 Å². The molecule has 20 heavy (non-hydrogen) atoms. The molecule has 0 spiro atoms. The van der Waals surface area contributed by atoms with Crippen molar-refractivity contribution in [3.8, 4) is 6.07 Å². The number of nitrogen functional groups attached to an aromatic ring is 1. The van der Waals surface area contributed by atoms with Crippen LogP contribution in [0.1, 0.15) is 25.3 Å². The first-order chi connectivity index (χ1) is 9.43. The van der Waals surface area contributed by atoms with E-state index in [0.717, 1.165) is 11.3 Å². The van der Waals surface area contributed by atoms with E-state index < -0.39 is 0 Å². The van der Waals surface area contributed by atoms with Crippen LogP contribution in [0, 0.1) is 18.3 Å². The molecule has 1 rings (SSSR count). The van der Waals surface area contributed by atoms with Gasteiger partial charge in [-0.2, -0.15) is 5.26 Å². The number of nitriles is 1. The lowest BCUT2D eigenvalue weighted by Gasteiger charge is -2.22. The third-order valence-corrected chi connectivity index (χ3v) is 3.36. The minimum absolute atomic E-state index is 0.0334. The van der Waals surface area contributed by atoms with E-state index >= 15 is 0 Å². The lowest BCUT2D eigenvalue weighted by atomic mass is 10.1. The van der Waals surface area contributed by atoms with Crippen molar-refractivity contribution < 1.29 is 4.79 Å². The van der Waals surface area contributed by atoms with Crippen molar-refractivity contribution in [1.29, 1.82) is 5.26 Å². The van der Waals surface area contributed by atoms with Crippen molar-refractivity contribution in [1.82, 2.24) is 4.90 Å². The minimum atomic E-state index is -0.0334. The molecule has 5 heteroatoms. The molecule has 3 N–H and O–H groups in total. The Morgan fingerprint density at radius 2 is 2.25 bits per heavy atom. The molecule has 0 fully saturated rings. The highest BCUT2D eigenvalue weighted by molar-refractivity contribution is 5.91. The first kappa shape index (κ1) is 16.0. The quantitative estimate of drug-likeness (QED) is 0.779. The summed E-state index contributed by atoms with van der Waals surface area (Å²) in [7, 11) is 1.92. The molecule has 0 heterocycles. The van der Waals surface area contributed by atoms with Gasteiger partial charge in [0.2, 0.25) is 5.91 Å². The molecule has 0 radical (unpaired) electrons. The zero-order valence-corrected chi connectivity index (χ0v) is 12.3. The van der Waals surface area contributed by atoms with Crippen LogP contribution in [-0.4, -0.2) is 30.4 Å². The monoisotopic (exact) mass is 274 g/mol. The maximum Gasteiger partial charge on any atom is 0.225 e. The first-order valence-corrected chi connectivity index (χ1v) is 6.67. The average molecular weight is 274 g/mol. The van der Waals surface area contributed by atoms with Crippen LogP contribution in [0.3, 0.4) is 0 Å². The molecule has 1 aromatic carbocycles. The van der Waals surface area contributed by atoms with Crippen LogP contribution in [0.25, 0.3) is 0 Å². The number of nitrogens with one attached hydrogen (secondary N) is 1. The second-order valence-corrected chi connectivity index (χ2v) is 5.06. The molecule has 0 aliphatic rings. The number of aryl methyl sites for hydroxylation is 1. The van der Waals surface area contributed by atoms with Gasteiger partial charge in [-0.15, -0.1) is 0 Å². The average Bonchev–Trinajstić information content (AvgIpc) is 2.39. The Morgan fingerprint density at radius 1 is 1.55 bits per heavy atom. The highest BCUT2D eigenvalue weighted by Gasteiger charge is 2.11. The Hall–Kier alpha value is -2.06. The van der Waals surface area contributed by atoms with E-state index in [2.05, 4.69) is 11.4 Å². The largest absolute Gasteiger partial charge is 0.399 e. The molecule has 1 amide bonds. The van der Waals surface area contributed by atoms with Gasteiger partial charge in [0.25, 0.3) is 0 Å². The van der Waals surface area contributed by atoms with Crippen molar-refractivity contribution in [2.45, 2.75) is 32.7 Å². The number of anilines is 2. The Bertz CT molecular complexity index is 507. The van der Waals surface area contributed by atoms with Gasteiger partial charge in [-0.1, -0.05) is 0 Å². The van der Waals surface area contributed by atoms with E-state index in [9.17, 15) is 4.79 Å². The van der Waals surface area contributed by atoms with Crippen LogP contribution in [0.2, 0.25) is 0 Å². The molecular formula is C15H22N4O. The van der Waals surface area contributed by atoms with Crippen LogP contribution in [0.15, 0.2) is 18.2 Å². The number of carbonyl (C=O) groups is 1. The van der Waals surface area contributed by atoms with Crippen LogP contribution in [0.4, 0.5) is 11.4 Å². The maximum absolute atomic E-state index is 11.9. The Morgan fingerprint density at radius 3 is 2.85 bits per heavy atom. The fourth-order valence-electron chi connectivity index (χ4n) is 1.83. The van der Waals surface area contributed by atoms with E-state index in [1.807, 2.05) is 37.9 Å². The molecule has 0 saturated carbocycles. The second kappa shape index (κ2) is 7.51. The molecule has 0 aliphatic carbocycles. The molecule has 1 aromatic rings. The minimum Gasteiger partial charge on any atom is -0.399 e. The predicted octanol–water partition coefficient (Wildman–Crippen LogP) is 2.14. The van der Waals surface area contributed by atoms with Crippen LogP contribution in [-0.2, 0) is 4.79 Å². The number of nitrogens with zero attached hydrogens (tertiary/aromatic N) is 2. The fraction of sp³-hybridized carbons (Fsp3) is 0.467. The van der Waals surface area contributed by atoms with Gasteiger partial charge in [0.05, 0.1) is 12.5 Å². The number of rotatable bonds is 6. The van der Waals surface area contributed by atoms with Gasteiger partial charge in [-0.05, 0) is 44.7 Å². The third-order valence-electron chi connectivity index (χ3n) is 3.36. The van der Waals surface area contributed by atoms with E-state index in [-0.39, 0.29) is 11.9 Å². The molecule has 0 aromatic heterocycles. The van der Waals surface area contributed by atoms with E-state index in [1.54, 1.807) is 6.07 Å². The molecular weight excluding hydrogens is 252 g/mol. The van der Waals surface area contributed by atoms with Gasteiger partial charge in [-0.3, -0.25) is 4.79 Å². The third kappa shape index (κ3) is 4.90. The number of carbonyl (C=O) groups excluding carboxylic acids is 1. The molecule has 5 nitrogen and oxygen atoms in total. The van der Waals surface area contributed by atoms with Crippen LogP contribution in [0.5, 0.6) is 0 Å². The summed E-state index contributed by atoms with van der Waals surface area (Å²) < 4.78 is 0. The van der Waals surface area contributed by atoms with Gasteiger partial charge in [0.15, 0.2) is 0 Å². The van der Waals surface area contributed by atoms with Crippen molar-refractivity contribution >= 4 is 17.3 Å². The van der Waals surface area contributed by atoms with Crippen molar-refractivity contribution in [2.75, 3.05) is 24.6 Å². The first-order valence-electron chi connectivity index (χ1n) is 6.67. The molecule has 108 valence electrons. The maximum atomic E-state index is 11.9. The van der Waals surface area contributed by atoms with Gasteiger partial charge in [0, 0.05) is 30.4 Å². The number of hydrogen-bond donors (Lipinski definition) is 2. The van der Waals surface area contributed by atoms with Crippen LogP contribution < -0.4 is 11.1 Å². The second-order valence-electron chi connectivity index (χ2n) is 5.06. The summed E-state index contributed by atoms with van der Waals surface area (Å²) in [6.45, 7) is 4.51. The SMILES string of the molecule is Cc1cc(N)ccc1NC(=O)CCN(C)C(C)CC#N. The predicted molar refractivity (Wildman–Crippen MR) is 81.2 cm³/mol. The van der Waals surface area contributed by atoms with Crippen molar-refractivity contribution in [3.63, 3.8) is 0 Å². The lowest BCUT2D eigenvalue weighted by molar-refractivity contribution is -0.116. The Kier molecular flexibility index (Phi) is 6.01. The number of nitrogens with two attached hydrogens (primary N) is 1. The van der Waals surface area contributed by atoms with Gasteiger partial charge in [-0.25, -0.2) is 0 Å².